The van der Waals surface area contributed by atoms with E-state index in [1.54, 1.807) is 6.08 Å². The van der Waals surface area contributed by atoms with E-state index in [0.717, 1.165) is 24.8 Å². The molecule has 2 nitrogen and oxygen atoms in total. The molecule has 0 aromatic carbocycles. The van der Waals surface area contributed by atoms with Crippen molar-refractivity contribution in [3.63, 3.8) is 0 Å². The van der Waals surface area contributed by atoms with Gasteiger partial charge in [-0.25, -0.2) is 4.79 Å². The molecule has 0 N–H and O–H groups in total. The number of hydrogen-bond acceptors (Lipinski definition) is 2. The fourth-order valence-electron chi connectivity index (χ4n) is 1.33. The maximum absolute atomic E-state index is 10.9. The van der Waals surface area contributed by atoms with Gasteiger partial charge in [0.15, 0.2) is 0 Å². The zero-order valence-corrected chi connectivity index (χ0v) is 7.59. The summed E-state index contributed by atoms with van der Waals surface area (Å²) in [6, 6.07) is 0. The molecule has 2 heteroatoms. The first kappa shape index (κ1) is 9.04. The molecule has 1 aliphatic carbocycles. The van der Waals surface area contributed by atoms with Crippen molar-refractivity contribution in [2.24, 2.45) is 0 Å². The van der Waals surface area contributed by atoms with Crippen LogP contribution in [0.25, 0.3) is 0 Å². The Morgan fingerprint density at radius 2 is 2.42 bits per heavy atom. The van der Waals surface area contributed by atoms with Gasteiger partial charge in [-0.3, -0.25) is 0 Å². The molecule has 0 bridgehead atoms. The van der Waals surface area contributed by atoms with E-state index in [1.807, 2.05) is 6.92 Å². The third kappa shape index (κ3) is 2.22. The first-order chi connectivity index (χ1) is 5.74. The fraction of sp³-hybridized carbons (Fsp3) is 0.500. The molecule has 0 aliphatic heterocycles. The lowest BCUT2D eigenvalue weighted by molar-refractivity contribution is -0.134. The average Bonchev–Trinajstić information content (AvgIpc) is 2.09. The highest BCUT2D eigenvalue weighted by atomic mass is 16.5. The van der Waals surface area contributed by atoms with Gasteiger partial charge in [-0.1, -0.05) is 11.6 Å². The van der Waals surface area contributed by atoms with Gasteiger partial charge in [-0.15, -0.1) is 0 Å². The van der Waals surface area contributed by atoms with Crippen LogP contribution in [0.4, 0.5) is 0 Å². The summed E-state index contributed by atoms with van der Waals surface area (Å²) in [6.45, 7) is 2.04. The molecule has 0 heterocycles. The van der Waals surface area contributed by atoms with Crippen LogP contribution in [0.1, 0.15) is 26.2 Å². The van der Waals surface area contributed by atoms with Gasteiger partial charge in [0.05, 0.1) is 7.11 Å². The van der Waals surface area contributed by atoms with Crippen molar-refractivity contribution in [3.8, 4) is 0 Å². The Labute approximate surface area is 72.9 Å². The smallest absolute Gasteiger partial charge is 0.330 e. The molecule has 1 rings (SSSR count). The first-order valence-corrected chi connectivity index (χ1v) is 4.19. The van der Waals surface area contributed by atoms with E-state index in [4.69, 9.17) is 0 Å². The molecule has 12 heavy (non-hydrogen) atoms. The monoisotopic (exact) mass is 166 g/mol. The number of allylic oxidation sites excluding steroid dienone is 3. The summed E-state index contributed by atoms with van der Waals surface area (Å²) in [7, 11) is 1.40. The van der Waals surface area contributed by atoms with E-state index in [1.165, 1.54) is 12.7 Å². The summed E-state index contributed by atoms with van der Waals surface area (Å²) in [4.78, 5) is 10.9. The Morgan fingerprint density at radius 1 is 1.67 bits per heavy atom. The molecule has 0 saturated carbocycles. The largest absolute Gasteiger partial charge is 0.466 e. The van der Waals surface area contributed by atoms with E-state index in [0.29, 0.717) is 0 Å². The quantitative estimate of drug-likeness (QED) is 0.441. The summed E-state index contributed by atoms with van der Waals surface area (Å²) in [5.41, 5.74) is 2.33. The molecule has 0 unspecified atom stereocenters. The highest BCUT2D eigenvalue weighted by Crippen LogP contribution is 2.22. The van der Waals surface area contributed by atoms with E-state index in [9.17, 15) is 4.79 Å². The van der Waals surface area contributed by atoms with Gasteiger partial charge in [0.1, 0.15) is 0 Å². The molecular formula is C10H14O2. The van der Waals surface area contributed by atoms with Gasteiger partial charge < -0.3 is 4.74 Å². The lowest BCUT2D eigenvalue weighted by Gasteiger charge is -2.12. The third-order valence-corrected chi connectivity index (χ3v) is 2.10. The van der Waals surface area contributed by atoms with Gasteiger partial charge >= 0.3 is 5.97 Å². The summed E-state index contributed by atoms with van der Waals surface area (Å²) in [5.74, 6) is -0.250. The summed E-state index contributed by atoms with van der Waals surface area (Å²) in [5, 5.41) is 0. The summed E-state index contributed by atoms with van der Waals surface area (Å²) >= 11 is 0. The first-order valence-electron chi connectivity index (χ1n) is 4.19. The molecule has 0 aromatic rings. The van der Waals surface area contributed by atoms with Crippen molar-refractivity contribution < 1.29 is 9.53 Å². The lowest BCUT2D eigenvalue weighted by atomic mass is 9.94. The second-order valence-electron chi connectivity index (χ2n) is 2.97. The summed E-state index contributed by atoms with van der Waals surface area (Å²) < 4.78 is 4.56. The maximum atomic E-state index is 10.9. The molecule has 0 saturated heterocycles. The van der Waals surface area contributed by atoms with Gasteiger partial charge in [0.2, 0.25) is 0 Å². The van der Waals surface area contributed by atoms with Gasteiger partial charge in [0.25, 0.3) is 0 Å². The minimum absolute atomic E-state index is 0.250. The van der Waals surface area contributed by atoms with Crippen LogP contribution < -0.4 is 0 Å². The number of carbonyl (C=O) groups excluding carboxylic acids is 1. The number of carbonyl (C=O) groups is 1. The van der Waals surface area contributed by atoms with Crippen LogP contribution in [0.3, 0.4) is 0 Å². The number of hydrogen-bond donors (Lipinski definition) is 0. The highest BCUT2D eigenvalue weighted by molar-refractivity contribution is 5.83. The van der Waals surface area contributed by atoms with Gasteiger partial charge in [-0.05, 0) is 31.8 Å². The molecule has 0 aromatic heterocycles. The maximum Gasteiger partial charge on any atom is 0.330 e. The second-order valence-corrected chi connectivity index (χ2v) is 2.97. The number of ether oxygens (including phenoxy) is 1. The number of esters is 1. The van der Waals surface area contributed by atoms with Crippen molar-refractivity contribution in [1.82, 2.24) is 0 Å². The second kappa shape index (κ2) is 4.10. The third-order valence-electron chi connectivity index (χ3n) is 2.10. The minimum atomic E-state index is -0.250. The van der Waals surface area contributed by atoms with Crippen molar-refractivity contribution in [2.45, 2.75) is 26.2 Å². The van der Waals surface area contributed by atoms with Crippen LogP contribution in [0.15, 0.2) is 23.3 Å². The van der Waals surface area contributed by atoms with Crippen molar-refractivity contribution in [1.29, 1.82) is 0 Å². The molecule has 66 valence electrons. The zero-order chi connectivity index (χ0) is 8.97. The van der Waals surface area contributed by atoms with Crippen molar-refractivity contribution >= 4 is 5.97 Å². The SMILES string of the molecule is COC(=O)C=C1CCCC=C1C. The van der Waals surface area contributed by atoms with Crippen LogP contribution in [-0.2, 0) is 9.53 Å². The number of rotatable bonds is 1. The molecule has 0 atom stereocenters. The Hall–Kier alpha value is -1.05. The van der Waals surface area contributed by atoms with Crippen molar-refractivity contribution in [3.05, 3.63) is 23.3 Å². The van der Waals surface area contributed by atoms with Crippen molar-refractivity contribution in [2.75, 3.05) is 7.11 Å². The van der Waals surface area contributed by atoms with E-state index >= 15 is 0 Å². The van der Waals surface area contributed by atoms with Crippen LogP contribution in [0.5, 0.6) is 0 Å². The van der Waals surface area contributed by atoms with Gasteiger partial charge in [-0.2, -0.15) is 0 Å². The van der Waals surface area contributed by atoms with Crippen LogP contribution >= 0.6 is 0 Å². The standard InChI is InChI=1S/C10H14O2/c1-8-5-3-4-6-9(8)7-10(11)12-2/h5,7H,3-4,6H2,1-2H3. The number of methoxy groups -OCH3 is 1. The normalized spacial score (nSPS) is 20.5. The molecule has 1 aliphatic rings. The Balaban J connectivity index is 2.73. The minimum Gasteiger partial charge on any atom is -0.466 e. The fourth-order valence-corrected chi connectivity index (χ4v) is 1.33. The van der Waals surface area contributed by atoms with Crippen LogP contribution in [-0.4, -0.2) is 13.1 Å². The predicted molar refractivity (Wildman–Crippen MR) is 47.7 cm³/mol. The van der Waals surface area contributed by atoms with E-state index < -0.39 is 0 Å². The van der Waals surface area contributed by atoms with Crippen LogP contribution in [0, 0.1) is 0 Å². The molecule has 0 spiro atoms. The van der Waals surface area contributed by atoms with Gasteiger partial charge in [0, 0.05) is 6.08 Å². The predicted octanol–water partition coefficient (Wildman–Crippen LogP) is 2.22. The molecule has 0 radical (unpaired) electrons. The van der Waals surface area contributed by atoms with E-state index in [2.05, 4.69) is 10.8 Å². The molecule has 0 amide bonds. The zero-order valence-electron chi connectivity index (χ0n) is 7.59. The van der Waals surface area contributed by atoms with E-state index in [-0.39, 0.29) is 5.97 Å². The molecule has 0 fully saturated rings. The lowest BCUT2D eigenvalue weighted by Crippen LogP contribution is -2.00. The average molecular weight is 166 g/mol. The Morgan fingerprint density at radius 3 is 3.00 bits per heavy atom. The topological polar surface area (TPSA) is 26.3 Å². The highest BCUT2D eigenvalue weighted by Gasteiger charge is 2.07. The summed E-state index contributed by atoms with van der Waals surface area (Å²) in [6.07, 6.45) is 7.02. The Bertz CT molecular complexity index is 236. The Kier molecular flexibility index (Phi) is 3.09. The van der Waals surface area contributed by atoms with Crippen LogP contribution in [0.2, 0.25) is 0 Å². The molecular weight excluding hydrogens is 152 g/mol.